The van der Waals surface area contributed by atoms with Gasteiger partial charge in [0.1, 0.15) is 0 Å². The van der Waals surface area contributed by atoms with E-state index in [-0.39, 0.29) is 23.9 Å². The third-order valence-corrected chi connectivity index (χ3v) is 4.16. The summed E-state index contributed by atoms with van der Waals surface area (Å²) in [5, 5.41) is 5.18. The van der Waals surface area contributed by atoms with Crippen LogP contribution in [0.4, 0.5) is 0 Å². The summed E-state index contributed by atoms with van der Waals surface area (Å²) in [7, 11) is 0. The van der Waals surface area contributed by atoms with Crippen LogP contribution in [0.5, 0.6) is 0 Å². The maximum Gasteiger partial charge on any atom is 0.252 e. The fourth-order valence-corrected chi connectivity index (χ4v) is 2.50. The number of halogens is 1. The van der Waals surface area contributed by atoms with Gasteiger partial charge in [0.25, 0.3) is 5.91 Å². The van der Waals surface area contributed by atoms with Crippen molar-refractivity contribution >= 4 is 29.1 Å². The number of amides is 1. The van der Waals surface area contributed by atoms with Crippen LogP contribution >= 0.6 is 12.4 Å². The maximum absolute atomic E-state index is 12.6. The third kappa shape index (κ3) is 3.55. The van der Waals surface area contributed by atoms with Crippen molar-refractivity contribution in [1.29, 1.82) is 0 Å². The Morgan fingerprint density at radius 3 is 2.33 bits per heavy atom. The van der Waals surface area contributed by atoms with Gasteiger partial charge >= 0.3 is 0 Å². The summed E-state index contributed by atoms with van der Waals surface area (Å²) in [6.07, 6.45) is 1.66. The van der Waals surface area contributed by atoms with Gasteiger partial charge in [-0.3, -0.25) is 4.79 Å². The number of nitrogens with one attached hydrogen (secondary N) is 1. The molecule has 0 saturated carbocycles. The summed E-state index contributed by atoms with van der Waals surface area (Å²) in [6.45, 7) is 4.57. The molecule has 3 N–H and O–H groups in total. The lowest BCUT2D eigenvalue weighted by atomic mass is 9.92. The van der Waals surface area contributed by atoms with Crippen molar-refractivity contribution in [1.82, 2.24) is 5.32 Å². The van der Waals surface area contributed by atoms with E-state index in [9.17, 15) is 4.79 Å². The standard InChI is InChI=1S/C17H22N2O.ClH/c1-3-17(4-2,12-18)19-16(20)15-11-7-9-13-8-5-6-10-14(13)15;/h5-11H,3-4,12,18H2,1-2H3,(H,19,20);1H. The van der Waals surface area contributed by atoms with Gasteiger partial charge in [0.2, 0.25) is 0 Å². The zero-order chi connectivity index (χ0) is 14.6. The van der Waals surface area contributed by atoms with Crippen LogP contribution in [0.2, 0.25) is 0 Å². The van der Waals surface area contributed by atoms with E-state index >= 15 is 0 Å². The van der Waals surface area contributed by atoms with E-state index in [0.29, 0.717) is 12.1 Å². The first kappa shape index (κ1) is 17.5. The third-order valence-electron chi connectivity index (χ3n) is 4.16. The summed E-state index contributed by atoms with van der Waals surface area (Å²) in [5.74, 6) is -0.0454. The van der Waals surface area contributed by atoms with E-state index in [2.05, 4.69) is 19.2 Å². The Labute approximate surface area is 132 Å². The minimum Gasteiger partial charge on any atom is -0.345 e. The zero-order valence-corrected chi connectivity index (χ0v) is 13.4. The highest BCUT2D eigenvalue weighted by Gasteiger charge is 2.27. The van der Waals surface area contributed by atoms with Crippen molar-refractivity contribution in [2.45, 2.75) is 32.2 Å². The van der Waals surface area contributed by atoms with E-state index in [1.807, 2.05) is 42.5 Å². The number of carbonyl (C=O) groups excluding carboxylic acids is 1. The van der Waals surface area contributed by atoms with E-state index < -0.39 is 0 Å². The molecule has 2 rings (SSSR count). The molecule has 0 bridgehead atoms. The molecule has 4 heteroatoms. The van der Waals surface area contributed by atoms with Crippen LogP contribution < -0.4 is 11.1 Å². The number of carbonyl (C=O) groups is 1. The van der Waals surface area contributed by atoms with Crippen molar-refractivity contribution in [3.05, 3.63) is 48.0 Å². The Morgan fingerprint density at radius 1 is 1.10 bits per heavy atom. The molecule has 0 aliphatic carbocycles. The molecule has 2 aromatic carbocycles. The quantitative estimate of drug-likeness (QED) is 0.888. The second-order valence-corrected chi connectivity index (χ2v) is 5.17. The molecule has 0 aliphatic heterocycles. The SMILES string of the molecule is CCC(CC)(CN)NC(=O)c1cccc2ccccc12.Cl. The predicted octanol–water partition coefficient (Wildman–Crippen LogP) is 3.51. The van der Waals surface area contributed by atoms with Gasteiger partial charge in [0, 0.05) is 12.1 Å². The first-order valence-corrected chi connectivity index (χ1v) is 7.16. The molecule has 0 aromatic heterocycles. The molecule has 2 aromatic rings. The van der Waals surface area contributed by atoms with Gasteiger partial charge in [-0.1, -0.05) is 50.2 Å². The van der Waals surface area contributed by atoms with Crippen molar-refractivity contribution in [2.24, 2.45) is 5.73 Å². The number of hydrogen-bond acceptors (Lipinski definition) is 2. The van der Waals surface area contributed by atoms with Gasteiger partial charge in [-0.2, -0.15) is 0 Å². The van der Waals surface area contributed by atoms with Crippen LogP contribution in [-0.2, 0) is 0 Å². The fourth-order valence-electron chi connectivity index (χ4n) is 2.50. The monoisotopic (exact) mass is 306 g/mol. The average molecular weight is 307 g/mol. The van der Waals surface area contributed by atoms with Crippen LogP contribution in [0, 0.1) is 0 Å². The Bertz CT molecular complexity index is 595. The smallest absolute Gasteiger partial charge is 0.252 e. The van der Waals surface area contributed by atoms with E-state index in [0.717, 1.165) is 23.6 Å². The minimum absolute atomic E-state index is 0. The largest absolute Gasteiger partial charge is 0.345 e. The topological polar surface area (TPSA) is 55.1 Å². The van der Waals surface area contributed by atoms with E-state index in [1.165, 1.54) is 0 Å². The summed E-state index contributed by atoms with van der Waals surface area (Å²) in [6, 6.07) is 13.7. The Hall–Kier alpha value is -1.58. The molecule has 0 atom stereocenters. The first-order valence-electron chi connectivity index (χ1n) is 7.16. The molecule has 0 radical (unpaired) electrons. The van der Waals surface area contributed by atoms with Crippen LogP contribution in [0.15, 0.2) is 42.5 Å². The lowest BCUT2D eigenvalue weighted by Crippen LogP contribution is -2.52. The highest BCUT2D eigenvalue weighted by molar-refractivity contribution is 6.07. The average Bonchev–Trinajstić information content (AvgIpc) is 2.52. The van der Waals surface area contributed by atoms with Gasteiger partial charge in [-0.15, -0.1) is 12.4 Å². The van der Waals surface area contributed by atoms with Crippen molar-refractivity contribution < 1.29 is 4.79 Å². The first-order chi connectivity index (χ1) is 9.65. The molecule has 0 aliphatic rings. The highest BCUT2D eigenvalue weighted by atomic mass is 35.5. The molecule has 21 heavy (non-hydrogen) atoms. The molecule has 1 amide bonds. The Morgan fingerprint density at radius 2 is 1.71 bits per heavy atom. The van der Waals surface area contributed by atoms with Crippen LogP contribution in [0.3, 0.4) is 0 Å². The molecular formula is C17H23ClN2O. The molecule has 0 unspecified atom stereocenters. The summed E-state index contributed by atoms with van der Waals surface area (Å²) < 4.78 is 0. The molecular weight excluding hydrogens is 284 g/mol. The normalized spacial score (nSPS) is 11.0. The minimum atomic E-state index is -0.311. The molecule has 0 fully saturated rings. The lowest BCUT2D eigenvalue weighted by Gasteiger charge is -2.31. The van der Waals surface area contributed by atoms with Crippen LogP contribution in [0.1, 0.15) is 37.0 Å². The fraction of sp³-hybridized carbons (Fsp3) is 0.353. The van der Waals surface area contributed by atoms with Gasteiger partial charge in [-0.25, -0.2) is 0 Å². The molecule has 114 valence electrons. The lowest BCUT2D eigenvalue weighted by molar-refractivity contribution is 0.0897. The van der Waals surface area contributed by atoms with E-state index in [1.54, 1.807) is 0 Å². The maximum atomic E-state index is 12.6. The summed E-state index contributed by atoms with van der Waals surface area (Å²) >= 11 is 0. The van der Waals surface area contributed by atoms with Crippen molar-refractivity contribution in [3.8, 4) is 0 Å². The number of fused-ring (bicyclic) bond motifs is 1. The second kappa shape index (κ2) is 7.43. The second-order valence-electron chi connectivity index (χ2n) is 5.17. The van der Waals surface area contributed by atoms with Gasteiger partial charge in [-0.05, 0) is 29.7 Å². The predicted molar refractivity (Wildman–Crippen MR) is 91.0 cm³/mol. The highest BCUT2D eigenvalue weighted by Crippen LogP contribution is 2.20. The molecule has 0 saturated heterocycles. The zero-order valence-electron chi connectivity index (χ0n) is 12.6. The molecule has 0 spiro atoms. The number of benzene rings is 2. The van der Waals surface area contributed by atoms with Gasteiger partial charge in [0.05, 0.1) is 5.54 Å². The van der Waals surface area contributed by atoms with Crippen LogP contribution in [-0.4, -0.2) is 18.0 Å². The van der Waals surface area contributed by atoms with Gasteiger partial charge < -0.3 is 11.1 Å². The molecule has 3 nitrogen and oxygen atoms in total. The number of rotatable bonds is 5. The van der Waals surface area contributed by atoms with Gasteiger partial charge in [0.15, 0.2) is 0 Å². The van der Waals surface area contributed by atoms with E-state index in [4.69, 9.17) is 5.73 Å². The van der Waals surface area contributed by atoms with Crippen LogP contribution in [0.25, 0.3) is 10.8 Å². The summed E-state index contributed by atoms with van der Waals surface area (Å²) in [5.41, 5.74) is 6.25. The molecule has 0 heterocycles. The summed E-state index contributed by atoms with van der Waals surface area (Å²) in [4.78, 5) is 12.6. The number of nitrogens with two attached hydrogens (primary N) is 1. The Balaban J connectivity index is 0.00000220. The Kier molecular flexibility index (Phi) is 6.19. The van der Waals surface area contributed by atoms with Crippen molar-refractivity contribution in [2.75, 3.05) is 6.54 Å². The van der Waals surface area contributed by atoms with Crippen molar-refractivity contribution in [3.63, 3.8) is 0 Å². The number of hydrogen-bond donors (Lipinski definition) is 2.